The van der Waals surface area contributed by atoms with E-state index in [9.17, 15) is 14.3 Å². The standard InChI is InChI=1S/C16H12ClFN2O3/c1-7-3-4-12(11(17)5-7)19-14-10(16(21)22)6-9-8(2)20-23-15(9)13(14)18/h3-6,19H,1-2H3,(H,21,22). The molecule has 5 nitrogen and oxygen atoms in total. The van der Waals surface area contributed by atoms with Crippen LogP contribution in [0.2, 0.25) is 5.02 Å². The van der Waals surface area contributed by atoms with Crippen molar-refractivity contribution < 1.29 is 18.8 Å². The molecule has 2 N–H and O–H groups in total. The van der Waals surface area contributed by atoms with Gasteiger partial charge in [-0.1, -0.05) is 22.8 Å². The van der Waals surface area contributed by atoms with Gasteiger partial charge in [0.05, 0.1) is 27.7 Å². The summed E-state index contributed by atoms with van der Waals surface area (Å²) in [6.45, 7) is 3.48. The van der Waals surface area contributed by atoms with Gasteiger partial charge in [0, 0.05) is 5.39 Å². The van der Waals surface area contributed by atoms with Crippen molar-refractivity contribution in [1.82, 2.24) is 5.16 Å². The largest absolute Gasteiger partial charge is 0.478 e. The van der Waals surface area contributed by atoms with Gasteiger partial charge in [0.1, 0.15) is 0 Å². The molecule has 0 unspecified atom stereocenters. The summed E-state index contributed by atoms with van der Waals surface area (Å²) in [6.07, 6.45) is 0. The summed E-state index contributed by atoms with van der Waals surface area (Å²) < 4.78 is 19.6. The lowest BCUT2D eigenvalue weighted by molar-refractivity contribution is 0.0697. The number of nitrogens with zero attached hydrogens (tertiary/aromatic N) is 1. The zero-order valence-electron chi connectivity index (χ0n) is 12.3. The van der Waals surface area contributed by atoms with Crippen molar-refractivity contribution in [2.24, 2.45) is 0 Å². The number of halogens is 2. The van der Waals surface area contributed by atoms with Gasteiger partial charge in [0.25, 0.3) is 0 Å². The highest BCUT2D eigenvalue weighted by Crippen LogP contribution is 2.34. The number of aromatic carboxylic acids is 1. The van der Waals surface area contributed by atoms with Gasteiger partial charge in [-0.25, -0.2) is 9.18 Å². The Labute approximate surface area is 135 Å². The van der Waals surface area contributed by atoms with E-state index in [2.05, 4.69) is 10.5 Å². The molecular weight excluding hydrogens is 323 g/mol. The van der Waals surface area contributed by atoms with Crippen molar-refractivity contribution >= 4 is 39.9 Å². The van der Waals surface area contributed by atoms with Gasteiger partial charge in [0.15, 0.2) is 5.82 Å². The lowest BCUT2D eigenvalue weighted by Gasteiger charge is -2.12. The third-order valence-corrected chi connectivity index (χ3v) is 3.81. The van der Waals surface area contributed by atoms with E-state index < -0.39 is 11.8 Å². The fraction of sp³-hybridized carbons (Fsp3) is 0.125. The first-order valence-corrected chi connectivity index (χ1v) is 7.11. The summed E-state index contributed by atoms with van der Waals surface area (Å²) in [5, 5.41) is 16.5. The molecule has 0 aliphatic carbocycles. The first-order chi connectivity index (χ1) is 10.9. The van der Waals surface area contributed by atoms with Crippen LogP contribution in [-0.2, 0) is 0 Å². The number of nitrogens with one attached hydrogen (secondary N) is 1. The number of carboxylic acid groups (broad SMARTS) is 1. The van der Waals surface area contributed by atoms with Crippen molar-refractivity contribution in [2.75, 3.05) is 5.32 Å². The highest BCUT2D eigenvalue weighted by Gasteiger charge is 2.23. The van der Waals surface area contributed by atoms with Gasteiger partial charge in [-0.05, 0) is 37.6 Å². The lowest BCUT2D eigenvalue weighted by Crippen LogP contribution is -2.06. The Balaban J connectivity index is 2.21. The van der Waals surface area contributed by atoms with E-state index in [1.165, 1.54) is 6.07 Å². The average Bonchev–Trinajstić information content (AvgIpc) is 2.85. The second-order valence-corrected chi connectivity index (χ2v) is 5.58. The number of hydrogen-bond acceptors (Lipinski definition) is 4. The number of aryl methyl sites for hydroxylation is 2. The number of anilines is 2. The Hall–Kier alpha value is -2.60. The van der Waals surface area contributed by atoms with Crippen LogP contribution in [0, 0.1) is 19.7 Å². The van der Waals surface area contributed by atoms with Crippen LogP contribution in [0.5, 0.6) is 0 Å². The number of hydrogen-bond donors (Lipinski definition) is 2. The Morgan fingerprint density at radius 3 is 2.74 bits per heavy atom. The summed E-state index contributed by atoms with van der Waals surface area (Å²) in [5.74, 6) is -2.09. The second kappa shape index (κ2) is 5.55. The first kappa shape index (κ1) is 15.3. The zero-order chi connectivity index (χ0) is 16.7. The van der Waals surface area contributed by atoms with Crippen molar-refractivity contribution in [3.63, 3.8) is 0 Å². The van der Waals surface area contributed by atoms with Crippen LogP contribution in [0.4, 0.5) is 15.8 Å². The number of aromatic nitrogens is 1. The Kier molecular flexibility index (Phi) is 3.69. The molecule has 0 aliphatic heterocycles. The van der Waals surface area contributed by atoms with E-state index >= 15 is 0 Å². The first-order valence-electron chi connectivity index (χ1n) is 6.73. The predicted molar refractivity (Wildman–Crippen MR) is 85.1 cm³/mol. The van der Waals surface area contributed by atoms with Crippen LogP contribution in [-0.4, -0.2) is 16.2 Å². The number of rotatable bonds is 3. The molecule has 3 rings (SSSR count). The molecular formula is C16H12ClFN2O3. The summed E-state index contributed by atoms with van der Waals surface area (Å²) in [7, 11) is 0. The summed E-state index contributed by atoms with van der Waals surface area (Å²) in [5.41, 5.74) is 1.21. The molecule has 0 aliphatic rings. The molecule has 3 aromatic rings. The average molecular weight is 335 g/mol. The molecule has 0 radical (unpaired) electrons. The molecule has 0 bridgehead atoms. The van der Waals surface area contributed by atoms with Crippen LogP contribution in [0.1, 0.15) is 21.6 Å². The van der Waals surface area contributed by atoms with Gasteiger partial charge in [-0.2, -0.15) is 0 Å². The molecule has 0 spiro atoms. The Morgan fingerprint density at radius 2 is 2.09 bits per heavy atom. The van der Waals surface area contributed by atoms with Crippen molar-refractivity contribution in [2.45, 2.75) is 13.8 Å². The fourth-order valence-corrected chi connectivity index (χ4v) is 2.58. The number of carbonyl (C=O) groups is 1. The SMILES string of the molecule is Cc1ccc(Nc2c(C(=O)O)cc3c(C)noc3c2F)c(Cl)c1. The molecule has 2 aromatic carbocycles. The second-order valence-electron chi connectivity index (χ2n) is 5.17. The molecule has 1 aromatic heterocycles. The quantitative estimate of drug-likeness (QED) is 0.727. The minimum absolute atomic E-state index is 0.0989. The van der Waals surface area contributed by atoms with E-state index in [0.717, 1.165) is 5.56 Å². The van der Waals surface area contributed by atoms with Crippen molar-refractivity contribution in [3.8, 4) is 0 Å². The third kappa shape index (κ3) is 2.61. The van der Waals surface area contributed by atoms with Gasteiger partial charge >= 0.3 is 5.97 Å². The van der Waals surface area contributed by atoms with E-state index in [0.29, 0.717) is 21.8 Å². The van der Waals surface area contributed by atoms with Crippen LogP contribution in [0.25, 0.3) is 11.0 Å². The monoisotopic (exact) mass is 334 g/mol. The predicted octanol–water partition coefficient (Wildman–Crippen LogP) is 4.68. The number of carboxylic acids is 1. The van der Waals surface area contributed by atoms with E-state index in [1.54, 1.807) is 25.1 Å². The smallest absolute Gasteiger partial charge is 0.337 e. The van der Waals surface area contributed by atoms with Crippen LogP contribution in [0.3, 0.4) is 0 Å². The lowest BCUT2D eigenvalue weighted by atomic mass is 10.1. The number of fused-ring (bicyclic) bond motifs is 1. The number of benzene rings is 2. The van der Waals surface area contributed by atoms with E-state index in [4.69, 9.17) is 16.1 Å². The minimum Gasteiger partial charge on any atom is -0.478 e. The molecule has 0 saturated heterocycles. The van der Waals surface area contributed by atoms with Crippen molar-refractivity contribution in [3.05, 3.63) is 51.9 Å². The summed E-state index contributed by atoms with van der Waals surface area (Å²) in [4.78, 5) is 11.5. The van der Waals surface area contributed by atoms with Crippen LogP contribution in [0.15, 0.2) is 28.8 Å². The maximum atomic E-state index is 14.7. The summed E-state index contributed by atoms with van der Waals surface area (Å²) in [6, 6.07) is 6.46. The molecule has 23 heavy (non-hydrogen) atoms. The highest BCUT2D eigenvalue weighted by molar-refractivity contribution is 6.33. The van der Waals surface area contributed by atoms with Gasteiger partial charge in [-0.15, -0.1) is 0 Å². The van der Waals surface area contributed by atoms with Gasteiger partial charge < -0.3 is 14.9 Å². The van der Waals surface area contributed by atoms with Crippen LogP contribution < -0.4 is 5.32 Å². The summed E-state index contributed by atoms with van der Waals surface area (Å²) >= 11 is 6.12. The fourth-order valence-electron chi connectivity index (χ4n) is 2.30. The molecule has 118 valence electrons. The Bertz CT molecular complexity index is 937. The molecule has 0 amide bonds. The molecule has 0 atom stereocenters. The zero-order valence-corrected chi connectivity index (χ0v) is 13.0. The Morgan fingerprint density at radius 1 is 1.35 bits per heavy atom. The van der Waals surface area contributed by atoms with Gasteiger partial charge in [0.2, 0.25) is 5.58 Å². The molecule has 0 fully saturated rings. The third-order valence-electron chi connectivity index (χ3n) is 3.50. The highest BCUT2D eigenvalue weighted by atomic mass is 35.5. The molecule has 0 saturated carbocycles. The van der Waals surface area contributed by atoms with Crippen LogP contribution >= 0.6 is 11.6 Å². The maximum Gasteiger partial charge on any atom is 0.337 e. The molecule has 1 heterocycles. The topological polar surface area (TPSA) is 75.4 Å². The van der Waals surface area contributed by atoms with E-state index in [-0.39, 0.29) is 16.8 Å². The normalized spacial score (nSPS) is 11.0. The van der Waals surface area contributed by atoms with E-state index in [1.807, 2.05) is 6.92 Å². The minimum atomic E-state index is -1.27. The van der Waals surface area contributed by atoms with Crippen molar-refractivity contribution in [1.29, 1.82) is 0 Å². The molecule has 7 heteroatoms. The van der Waals surface area contributed by atoms with Gasteiger partial charge in [-0.3, -0.25) is 0 Å². The maximum absolute atomic E-state index is 14.7.